The first kappa shape index (κ1) is 10.9. The molecule has 15 heavy (non-hydrogen) atoms. The van der Waals surface area contributed by atoms with E-state index in [1.165, 1.54) is 39.2 Å². The Morgan fingerprint density at radius 1 is 1.20 bits per heavy atom. The second-order valence-electron chi connectivity index (χ2n) is 4.88. The van der Waals surface area contributed by atoms with E-state index in [1.807, 2.05) is 0 Å². The zero-order valence-corrected chi connectivity index (χ0v) is 9.50. The summed E-state index contributed by atoms with van der Waals surface area (Å²) in [5, 5.41) is 3.28. The minimum atomic E-state index is -0.0895. The highest BCUT2D eigenvalue weighted by Crippen LogP contribution is 2.34. The maximum Gasteiger partial charge on any atom is 0.322 e. The number of esters is 1. The fraction of sp³-hybridized carbons (Fsp3) is 0.917. The van der Waals surface area contributed by atoms with E-state index >= 15 is 0 Å². The second-order valence-corrected chi connectivity index (χ2v) is 4.88. The van der Waals surface area contributed by atoms with E-state index in [4.69, 9.17) is 4.74 Å². The van der Waals surface area contributed by atoms with Gasteiger partial charge in [0.2, 0.25) is 0 Å². The van der Waals surface area contributed by atoms with Gasteiger partial charge in [0.1, 0.15) is 6.04 Å². The lowest BCUT2D eigenvalue weighted by atomic mass is 9.79. The Balaban J connectivity index is 1.83. The molecule has 0 aromatic carbocycles. The zero-order chi connectivity index (χ0) is 10.7. The molecule has 0 spiro atoms. The number of hydrogen-bond acceptors (Lipinski definition) is 3. The van der Waals surface area contributed by atoms with Crippen molar-refractivity contribution in [2.75, 3.05) is 13.7 Å². The highest BCUT2D eigenvalue weighted by molar-refractivity contribution is 5.76. The van der Waals surface area contributed by atoms with Crippen LogP contribution in [0.4, 0.5) is 0 Å². The van der Waals surface area contributed by atoms with Gasteiger partial charge < -0.3 is 10.1 Å². The molecule has 0 unspecified atom stereocenters. The summed E-state index contributed by atoms with van der Waals surface area (Å²) in [7, 11) is 1.47. The van der Waals surface area contributed by atoms with E-state index < -0.39 is 0 Å². The SMILES string of the molecule is COC(=O)[C@@H]1C[C@@H](C2CCCCC2)CN1. The second kappa shape index (κ2) is 4.97. The monoisotopic (exact) mass is 211 g/mol. The largest absolute Gasteiger partial charge is 0.468 e. The minimum absolute atomic E-state index is 0.0399. The predicted octanol–water partition coefficient (Wildman–Crippen LogP) is 1.72. The summed E-state index contributed by atoms with van der Waals surface area (Å²) in [4.78, 5) is 11.4. The molecular weight excluding hydrogens is 190 g/mol. The predicted molar refractivity (Wildman–Crippen MR) is 58.5 cm³/mol. The Bertz CT molecular complexity index is 224. The van der Waals surface area contributed by atoms with Gasteiger partial charge in [0.25, 0.3) is 0 Å². The van der Waals surface area contributed by atoms with Crippen molar-refractivity contribution in [3.63, 3.8) is 0 Å². The molecule has 0 amide bonds. The molecule has 2 atom stereocenters. The van der Waals surface area contributed by atoms with Gasteiger partial charge in [0.15, 0.2) is 0 Å². The molecule has 0 aromatic rings. The molecule has 0 bridgehead atoms. The molecule has 0 aromatic heterocycles. The van der Waals surface area contributed by atoms with Gasteiger partial charge in [-0.25, -0.2) is 0 Å². The molecule has 1 aliphatic heterocycles. The van der Waals surface area contributed by atoms with Gasteiger partial charge >= 0.3 is 5.97 Å². The van der Waals surface area contributed by atoms with Crippen molar-refractivity contribution in [1.82, 2.24) is 5.32 Å². The van der Waals surface area contributed by atoms with Crippen molar-refractivity contribution in [3.05, 3.63) is 0 Å². The van der Waals surface area contributed by atoms with Crippen molar-refractivity contribution in [2.24, 2.45) is 11.8 Å². The highest BCUT2D eigenvalue weighted by Gasteiger charge is 2.34. The summed E-state index contributed by atoms with van der Waals surface area (Å²) in [6, 6.07) is -0.0399. The van der Waals surface area contributed by atoms with Crippen molar-refractivity contribution >= 4 is 5.97 Å². The van der Waals surface area contributed by atoms with Gasteiger partial charge in [0.05, 0.1) is 7.11 Å². The van der Waals surface area contributed by atoms with Gasteiger partial charge in [-0.15, -0.1) is 0 Å². The number of nitrogens with one attached hydrogen (secondary N) is 1. The zero-order valence-electron chi connectivity index (χ0n) is 9.50. The number of ether oxygens (including phenoxy) is 1. The molecular formula is C12H21NO2. The van der Waals surface area contributed by atoms with Gasteiger partial charge in [-0.3, -0.25) is 4.79 Å². The lowest BCUT2D eigenvalue weighted by Gasteiger charge is -2.26. The molecule has 1 aliphatic carbocycles. The van der Waals surface area contributed by atoms with Crippen LogP contribution in [0.3, 0.4) is 0 Å². The smallest absolute Gasteiger partial charge is 0.322 e. The van der Waals surface area contributed by atoms with Crippen LogP contribution in [0, 0.1) is 11.8 Å². The summed E-state index contributed by atoms with van der Waals surface area (Å²) in [6.07, 6.45) is 7.86. The fourth-order valence-corrected chi connectivity index (χ4v) is 3.05. The molecule has 1 N–H and O–H groups in total. The van der Waals surface area contributed by atoms with Crippen molar-refractivity contribution in [2.45, 2.75) is 44.6 Å². The van der Waals surface area contributed by atoms with Crippen molar-refractivity contribution < 1.29 is 9.53 Å². The van der Waals surface area contributed by atoms with E-state index in [2.05, 4.69) is 5.32 Å². The molecule has 1 heterocycles. The molecule has 1 saturated carbocycles. The third kappa shape index (κ3) is 2.51. The molecule has 0 radical (unpaired) electrons. The van der Waals surface area contributed by atoms with Gasteiger partial charge in [0, 0.05) is 0 Å². The molecule has 1 saturated heterocycles. The number of carbonyl (C=O) groups is 1. The lowest BCUT2D eigenvalue weighted by molar-refractivity contribution is -0.142. The molecule has 86 valence electrons. The number of hydrogen-bond donors (Lipinski definition) is 1. The topological polar surface area (TPSA) is 38.3 Å². The summed E-state index contributed by atoms with van der Waals surface area (Å²) in [6.45, 7) is 1.00. The summed E-state index contributed by atoms with van der Waals surface area (Å²) < 4.78 is 4.77. The molecule has 3 heteroatoms. The molecule has 2 fully saturated rings. The van der Waals surface area contributed by atoms with Crippen LogP contribution in [0.5, 0.6) is 0 Å². The first-order valence-electron chi connectivity index (χ1n) is 6.12. The summed E-state index contributed by atoms with van der Waals surface area (Å²) in [5.41, 5.74) is 0. The Morgan fingerprint density at radius 2 is 1.93 bits per heavy atom. The Labute approximate surface area is 91.6 Å². The van der Waals surface area contributed by atoms with Crippen LogP contribution in [0.2, 0.25) is 0 Å². The van der Waals surface area contributed by atoms with Crippen LogP contribution >= 0.6 is 0 Å². The van der Waals surface area contributed by atoms with E-state index in [-0.39, 0.29) is 12.0 Å². The van der Waals surface area contributed by atoms with Gasteiger partial charge in [-0.05, 0) is 24.8 Å². The lowest BCUT2D eigenvalue weighted by Crippen LogP contribution is -2.31. The van der Waals surface area contributed by atoms with Crippen LogP contribution in [0.15, 0.2) is 0 Å². The van der Waals surface area contributed by atoms with Crippen LogP contribution in [0.25, 0.3) is 0 Å². The Kier molecular flexibility index (Phi) is 3.62. The Morgan fingerprint density at radius 3 is 2.60 bits per heavy atom. The quantitative estimate of drug-likeness (QED) is 0.707. The van der Waals surface area contributed by atoms with Crippen LogP contribution < -0.4 is 5.32 Å². The van der Waals surface area contributed by atoms with Crippen LogP contribution in [-0.4, -0.2) is 25.7 Å². The summed E-state index contributed by atoms with van der Waals surface area (Å²) in [5.74, 6) is 1.46. The van der Waals surface area contributed by atoms with E-state index in [0.29, 0.717) is 5.92 Å². The van der Waals surface area contributed by atoms with Crippen LogP contribution in [-0.2, 0) is 9.53 Å². The van der Waals surface area contributed by atoms with E-state index in [1.54, 1.807) is 0 Å². The van der Waals surface area contributed by atoms with E-state index in [9.17, 15) is 4.79 Å². The normalized spacial score (nSPS) is 32.9. The highest BCUT2D eigenvalue weighted by atomic mass is 16.5. The number of methoxy groups -OCH3 is 1. The standard InChI is InChI=1S/C12H21NO2/c1-15-12(14)11-7-10(8-13-11)9-5-3-2-4-6-9/h9-11,13H,2-8H2,1H3/t10-,11+/m1/s1. The average molecular weight is 211 g/mol. The first-order chi connectivity index (χ1) is 7.31. The fourth-order valence-electron chi connectivity index (χ4n) is 3.05. The number of rotatable bonds is 2. The van der Waals surface area contributed by atoms with Gasteiger partial charge in [-0.2, -0.15) is 0 Å². The first-order valence-corrected chi connectivity index (χ1v) is 6.12. The molecule has 2 aliphatic rings. The van der Waals surface area contributed by atoms with E-state index in [0.717, 1.165) is 18.9 Å². The third-order valence-electron chi connectivity index (χ3n) is 3.97. The molecule has 2 rings (SSSR count). The van der Waals surface area contributed by atoms with Gasteiger partial charge in [-0.1, -0.05) is 32.1 Å². The van der Waals surface area contributed by atoms with Crippen molar-refractivity contribution in [1.29, 1.82) is 0 Å². The number of carbonyl (C=O) groups excluding carboxylic acids is 1. The maximum absolute atomic E-state index is 11.4. The average Bonchev–Trinajstić information content (AvgIpc) is 2.78. The third-order valence-corrected chi connectivity index (χ3v) is 3.97. The molecule has 3 nitrogen and oxygen atoms in total. The minimum Gasteiger partial charge on any atom is -0.468 e. The Hall–Kier alpha value is -0.570. The maximum atomic E-state index is 11.4. The van der Waals surface area contributed by atoms with Crippen LogP contribution in [0.1, 0.15) is 38.5 Å². The summed E-state index contributed by atoms with van der Waals surface area (Å²) >= 11 is 0. The van der Waals surface area contributed by atoms with Crippen molar-refractivity contribution in [3.8, 4) is 0 Å².